The Balaban J connectivity index is 3.14. The van der Waals surface area contributed by atoms with Crippen LogP contribution in [0.2, 0.25) is 0 Å². The van der Waals surface area contributed by atoms with E-state index < -0.39 is 0 Å². The van der Waals surface area contributed by atoms with Crippen molar-refractivity contribution in [2.24, 2.45) is 4.99 Å². The van der Waals surface area contributed by atoms with Gasteiger partial charge in [-0.2, -0.15) is 4.99 Å². The van der Waals surface area contributed by atoms with Crippen molar-refractivity contribution in [3.05, 3.63) is 29.8 Å². The zero-order chi connectivity index (χ0) is 7.40. The van der Waals surface area contributed by atoms with E-state index in [1.165, 1.54) is 0 Å². The quantitative estimate of drug-likeness (QED) is 0.440. The number of aliphatic imine (C=N–C) groups is 1. The first-order valence-electron chi connectivity index (χ1n) is 2.89. The molecule has 0 saturated carbocycles. The average molecular weight is 148 g/mol. The Morgan fingerprint density at radius 1 is 1.70 bits per heavy atom. The second kappa shape index (κ2) is 3.25. The molecule has 0 unspecified atom stereocenters. The molecule has 0 aliphatic rings. The van der Waals surface area contributed by atoms with Gasteiger partial charge in [-0.05, 0) is 42.9 Å². The van der Waals surface area contributed by atoms with Gasteiger partial charge in [0.2, 0.25) is 0 Å². The molecule has 0 atom stereocenters. The molecule has 10 heavy (non-hydrogen) atoms. The maximum Gasteiger partial charge on any atom is 0.0769 e. The third-order valence-corrected chi connectivity index (χ3v) is 1.30. The molecule has 0 spiro atoms. The van der Waals surface area contributed by atoms with Gasteiger partial charge in [-0.25, -0.2) is 0 Å². The molecule has 0 bridgehead atoms. The summed E-state index contributed by atoms with van der Waals surface area (Å²) in [6.07, 6.45) is 0. The highest BCUT2D eigenvalue weighted by Crippen LogP contribution is 2.15. The lowest BCUT2D eigenvalue weighted by Crippen LogP contribution is -1.70. The van der Waals surface area contributed by atoms with Gasteiger partial charge in [0.25, 0.3) is 0 Å². The van der Waals surface area contributed by atoms with Crippen LogP contribution >= 0.6 is 12.2 Å². The molecule has 0 fully saturated rings. The van der Waals surface area contributed by atoms with Gasteiger partial charge in [-0.15, -0.1) is 0 Å². The monoisotopic (exact) mass is 148 g/mol. The summed E-state index contributed by atoms with van der Waals surface area (Å²) >= 11 is 4.47. The van der Waals surface area contributed by atoms with Crippen molar-refractivity contribution < 1.29 is 0 Å². The summed E-state index contributed by atoms with van der Waals surface area (Å²) in [5.41, 5.74) is 1.94. The van der Waals surface area contributed by atoms with Crippen LogP contribution in [0.3, 0.4) is 0 Å². The van der Waals surface area contributed by atoms with E-state index in [4.69, 9.17) is 0 Å². The zero-order valence-electron chi connectivity index (χ0n) is 5.59. The van der Waals surface area contributed by atoms with E-state index in [9.17, 15) is 0 Å². The summed E-state index contributed by atoms with van der Waals surface area (Å²) in [6, 6.07) is 8.46. The fraction of sp³-hybridized carbons (Fsp3) is 0.125. The lowest BCUT2D eigenvalue weighted by atomic mass is 10.2. The normalized spacial score (nSPS) is 8.50. The maximum absolute atomic E-state index is 4.47. The van der Waals surface area contributed by atoms with E-state index >= 15 is 0 Å². The fourth-order valence-corrected chi connectivity index (χ4v) is 0.779. The number of hydrogen-bond donors (Lipinski definition) is 0. The number of aryl methyl sites for hydroxylation is 1. The Hall–Kier alpha value is -0.980. The van der Waals surface area contributed by atoms with Crippen molar-refractivity contribution in [3.63, 3.8) is 0 Å². The van der Waals surface area contributed by atoms with E-state index in [1.54, 1.807) is 6.07 Å². The molecule has 0 heterocycles. The molecular weight excluding hydrogens is 142 g/mol. The molecule has 1 radical (unpaired) electrons. The van der Waals surface area contributed by atoms with Crippen LogP contribution in [-0.2, 0) is 0 Å². The lowest BCUT2D eigenvalue weighted by molar-refractivity contribution is 1.41. The van der Waals surface area contributed by atoms with Crippen LogP contribution in [0.25, 0.3) is 0 Å². The van der Waals surface area contributed by atoms with Crippen molar-refractivity contribution in [2.75, 3.05) is 0 Å². The first kappa shape index (κ1) is 7.13. The first-order valence-corrected chi connectivity index (χ1v) is 3.30. The van der Waals surface area contributed by atoms with Gasteiger partial charge in [-0.1, -0.05) is 6.07 Å². The van der Waals surface area contributed by atoms with Crippen LogP contribution in [0.1, 0.15) is 5.56 Å². The van der Waals surface area contributed by atoms with Gasteiger partial charge in [-0.3, -0.25) is 0 Å². The molecule has 1 aromatic rings. The van der Waals surface area contributed by atoms with Gasteiger partial charge >= 0.3 is 0 Å². The Kier molecular flexibility index (Phi) is 2.32. The van der Waals surface area contributed by atoms with Gasteiger partial charge in [0, 0.05) is 0 Å². The van der Waals surface area contributed by atoms with Crippen molar-refractivity contribution in [2.45, 2.75) is 6.92 Å². The molecular formula is C8H6NS. The number of thiocarbonyl (C=S) groups is 1. The molecule has 1 rings (SSSR count). The predicted octanol–water partition coefficient (Wildman–Crippen LogP) is 2.53. The van der Waals surface area contributed by atoms with Gasteiger partial charge < -0.3 is 0 Å². The molecule has 2 heteroatoms. The highest BCUT2D eigenvalue weighted by molar-refractivity contribution is 7.78. The van der Waals surface area contributed by atoms with E-state index in [2.05, 4.69) is 28.4 Å². The third kappa shape index (κ3) is 1.50. The van der Waals surface area contributed by atoms with Crippen LogP contribution in [0.5, 0.6) is 0 Å². The van der Waals surface area contributed by atoms with Crippen molar-refractivity contribution in [1.82, 2.24) is 0 Å². The molecule has 0 N–H and O–H groups in total. The largest absolute Gasteiger partial charge is 0.194 e. The molecule has 0 saturated heterocycles. The van der Waals surface area contributed by atoms with E-state index in [1.807, 2.05) is 19.1 Å². The first-order chi connectivity index (χ1) is 4.84. The highest BCUT2D eigenvalue weighted by atomic mass is 32.1. The van der Waals surface area contributed by atoms with Gasteiger partial charge in [0.05, 0.1) is 10.8 Å². The topological polar surface area (TPSA) is 12.4 Å². The predicted molar refractivity (Wildman–Crippen MR) is 44.7 cm³/mol. The lowest BCUT2D eigenvalue weighted by Gasteiger charge is -1.93. The van der Waals surface area contributed by atoms with E-state index in [-0.39, 0.29) is 0 Å². The fourth-order valence-electron chi connectivity index (χ4n) is 0.680. The Labute approximate surface area is 65.4 Å². The maximum atomic E-state index is 4.47. The van der Waals surface area contributed by atoms with Gasteiger partial charge in [0.15, 0.2) is 0 Å². The van der Waals surface area contributed by atoms with Gasteiger partial charge in [0.1, 0.15) is 0 Å². The smallest absolute Gasteiger partial charge is 0.0769 e. The van der Waals surface area contributed by atoms with Crippen LogP contribution in [0.15, 0.2) is 23.2 Å². The van der Waals surface area contributed by atoms with E-state index in [0.717, 1.165) is 11.3 Å². The molecule has 1 aromatic carbocycles. The number of hydrogen-bond acceptors (Lipinski definition) is 2. The number of isothiocyanates is 1. The second-order valence-electron chi connectivity index (χ2n) is 1.92. The Bertz CT molecular complexity index is 274. The summed E-state index contributed by atoms with van der Waals surface area (Å²) < 4.78 is 0. The minimum atomic E-state index is 0.869. The zero-order valence-corrected chi connectivity index (χ0v) is 6.40. The Morgan fingerprint density at radius 3 is 3.10 bits per heavy atom. The number of benzene rings is 1. The number of rotatable bonds is 1. The third-order valence-electron chi connectivity index (χ3n) is 1.21. The molecule has 1 nitrogen and oxygen atoms in total. The van der Waals surface area contributed by atoms with Crippen LogP contribution in [0, 0.1) is 13.0 Å². The van der Waals surface area contributed by atoms with Crippen LogP contribution in [0.4, 0.5) is 5.69 Å². The SMILES string of the molecule is Cc1c[c]ccc1N=C=S. The van der Waals surface area contributed by atoms with Crippen molar-refractivity contribution in [1.29, 1.82) is 0 Å². The summed E-state index contributed by atoms with van der Waals surface area (Å²) in [7, 11) is 0. The number of nitrogens with zero attached hydrogens (tertiary/aromatic N) is 1. The van der Waals surface area contributed by atoms with Crippen molar-refractivity contribution >= 4 is 23.1 Å². The van der Waals surface area contributed by atoms with Crippen molar-refractivity contribution in [3.8, 4) is 0 Å². The molecule has 0 aromatic heterocycles. The minimum Gasteiger partial charge on any atom is -0.194 e. The average Bonchev–Trinajstić information content (AvgIpc) is 1.94. The summed E-state index contributed by atoms with van der Waals surface area (Å²) in [4.78, 5) is 3.85. The minimum absolute atomic E-state index is 0.869. The van der Waals surface area contributed by atoms with E-state index in [0.29, 0.717) is 0 Å². The Morgan fingerprint density at radius 2 is 2.50 bits per heavy atom. The summed E-state index contributed by atoms with van der Waals surface area (Å²) in [5, 5.41) is 2.32. The van der Waals surface area contributed by atoms with Crippen LogP contribution in [-0.4, -0.2) is 5.16 Å². The summed E-state index contributed by atoms with van der Waals surface area (Å²) in [6.45, 7) is 1.96. The standard InChI is InChI=1S/C8H6NS/c1-7-4-2-3-5-8(7)9-6-10/h3-5H,1H3. The molecule has 0 aliphatic carbocycles. The molecule has 0 aliphatic heterocycles. The highest BCUT2D eigenvalue weighted by Gasteiger charge is 1.89. The molecule has 49 valence electrons. The summed E-state index contributed by atoms with van der Waals surface area (Å²) in [5.74, 6) is 0. The second-order valence-corrected chi connectivity index (χ2v) is 2.10. The van der Waals surface area contributed by atoms with Crippen LogP contribution < -0.4 is 0 Å². The molecule has 0 amide bonds.